The smallest absolute Gasteiger partial charge is 0.303 e. The lowest BCUT2D eigenvalue weighted by molar-refractivity contribution is -0.138. The highest BCUT2D eigenvalue weighted by atomic mass is 16.4. The van der Waals surface area contributed by atoms with E-state index in [1.54, 1.807) is 0 Å². The molecule has 5 heteroatoms. The second kappa shape index (κ2) is 9.75. The molecule has 1 aliphatic carbocycles. The molecule has 3 unspecified atom stereocenters. The summed E-state index contributed by atoms with van der Waals surface area (Å²) in [6.45, 7) is 6.66. The zero-order chi connectivity index (χ0) is 15.7. The number of aliphatic hydroxyl groups excluding tert-OH is 1. The molecule has 5 nitrogen and oxygen atoms in total. The summed E-state index contributed by atoms with van der Waals surface area (Å²) in [5, 5.41) is 25.8. The largest absolute Gasteiger partial charge is 0.481 e. The van der Waals surface area contributed by atoms with Gasteiger partial charge in [0.25, 0.3) is 0 Å². The predicted molar refractivity (Wildman–Crippen MR) is 76.5 cm³/mol. The van der Waals surface area contributed by atoms with Gasteiger partial charge in [-0.15, -0.1) is 0 Å². The predicted octanol–water partition coefficient (Wildman–Crippen LogP) is 2.77. The molecule has 0 bridgehead atoms. The molecule has 0 radical (unpaired) electrons. The Balaban J connectivity index is 0.000000370. The number of aliphatic hydroxyl groups is 1. The Morgan fingerprint density at radius 1 is 1.10 bits per heavy atom. The van der Waals surface area contributed by atoms with Crippen LogP contribution in [-0.2, 0) is 9.59 Å². The van der Waals surface area contributed by atoms with Crippen LogP contribution in [0.3, 0.4) is 0 Å². The number of hydrogen-bond donors (Lipinski definition) is 3. The second-order valence-corrected chi connectivity index (χ2v) is 6.03. The van der Waals surface area contributed by atoms with Gasteiger partial charge in [-0.2, -0.15) is 0 Å². The Labute approximate surface area is 121 Å². The van der Waals surface area contributed by atoms with Gasteiger partial charge in [0, 0.05) is 12.8 Å². The van der Waals surface area contributed by atoms with Gasteiger partial charge in [0.1, 0.15) is 0 Å². The quantitative estimate of drug-likeness (QED) is 0.723. The highest BCUT2D eigenvalue weighted by Gasteiger charge is 2.28. The summed E-state index contributed by atoms with van der Waals surface area (Å²) in [6.07, 6.45) is 3.60. The normalized spacial score (nSPS) is 25.8. The molecule has 0 aliphatic heterocycles. The first-order valence-corrected chi connectivity index (χ1v) is 7.35. The van der Waals surface area contributed by atoms with Crippen LogP contribution in [-0.4, -0.2) is 33.4 Å². The fraction of sp³-hybridized carbons (Fsp3) is 0.867. The van der Waals surface area contributed by atoms with E-state index in [4.69, 9.17) is 10.2 Å². The van der Waals surface area contributed by atoms with Gasteiger partial charge in [0.15, 0.2) is 0 Å². The van der Waals surface area contributed by atoms with Gasteiger partial charge >= 0.3 is 11.9 Å². The van der Waals surface area contributed by atoms with Crippen LogP contribution in [0.4, 0.5) is 0 Å². The van der Waals surface area contributed by atoms with Gasteiger partial charge in [-0.25, -0.2) is 0 Å². The molecule has 20 heavy (non-hydrogen) atoms. The molecular weight excluding hydrogens is 260 g/mol. The third-order valence-corrected chi connectivity index (χ3v) is 3.77. The van der Waals surface area contributed by atoms with Crippen LogP contribution in [0.15, 0.2) is 0 Å². The lowest BCUT2D eigenvalue weighted by atomic mass is 9.75. The van der Waals surface area contributed by atoms with Crippen LogP contribution in [0.2, 0.25) is 0 Å². The van der Waals surface area contributed by atoms with Crippen molar-refractivity contribution in [1.82, 2.24) is 0 Å². The minimum atomic E-state index is -0.948. The molecule has 0 amide bonds. The highest BCUT2D eigenvalue weighted by molar-refractivity contribution is 5.69. The summed E-state index contributed by atoms with van der Waals surface area (Å²) < 4.78 is 0. The van der Waals surface area contributed by atoms with Crippen LogP contribution in [0.25, 0.3) is 0 Å². The third-order valence-electron chi connectivity index (χ3n) is 3.77. The second-order valence-electron chi connectivity index (χ2n) is 6.03. The van der Waals surface area contributed by atoms with Crippen molar-refractivity contribution in [2.45, 2.75) is 65.4 Å². The average Bonchev–Trinajstić information content (AvgIpc) is 2.27. The van der Waals surface area contributed by atoms with Crippen LogP contribution in [0, 0.1) is 17.8 Å². The lowest BCUT2D eigenvalue weighted by Gasteiger charge is -2.33. The first-order valence-electron chi connectivity index (χ1n) is 7.35. The van der Waals surface area contributed by atoms with E-state index in [0.717, 1.165) is 12.3 Å². The van der Waals surface area contributed by atoms with Gasteiger partial charge < -0.3 is 15.3 Å². The van der Waals surface area contributed by atoms with Crippen molar-refractivity contribution in [3.05, 3.63) is 0 Å². The number of aliphatic carboxylic acids is 2. The first-order chi connectivity index (χ1) is 9.23. The van der Waals surface area contributed by atoms with Crippen molar-refractivity contribution >= 4 is 11.9 Å². The monoisotopic (exact) mass is 288 g/mol. The highest BCUT2D eigenvalue weighted by Crippen LogP contribution is 2.33. The molecule has 1 fully saturated rings. The molecule has 0 saturated heterocycles. The number of carboxylic acid groups (broad SMARTS) is 2. The summed E-state index contributed by atoms with van der Waals surface area (Å²) in [5.74, 6) is 0.0520. The van der Waals surface area contributed by atoms with Crippen molar-refractivity contribution in [2.24, 2.45) is 17.8 Å². The van der Waals surface area contributed by atoms with E-state index in [1.807, 2.05) is 0 Å². The minimum Gasteiger partial charge on any atom is -0.481 e. The minimum absolute atomic E-state index is 0.0289. The molecule has 3 N–H and O–H groups in total. The van der Waals surface area contributed by atoms with Gasteiger partial charge in [-0.05, 0) is 37.0 Å². The number of carboxylic acids is 2. The number of carbonyl (C=O) groups is 2. The van der Waals surface area contributed by atoms with Crippen LogP contribution in [0.5, 0.6) is 0 Å². The molecule has 0 heterocycles. The molecule has 1 saturated carbocycles. The van der Waals surface area contributed by atoms with Crippen molar-refractivity contribution in [2.75, 3.05) is 0 Å². The van der Waals surface area contributed by atoms with Crippen molar-refractivity contribution in [1.29, 1.82) is 0 Å². The van der Waals surface area contributed by atoms with Crippen molar-refractivity contribution < 1.29 is 24.9 Å². The van der Waals surface area contributed by atoms with E-state index in [0.29, 0.717) is 11.8 Å². The van der Waals surface area contributed by atoms with Crippen molar-refractivity contribution in [3.8, 4) is 0 Å². The summed E-state index contributed by atoms with van der Waals surface area (Å²) in [4.78, 5) is 19.6. The molecule has 3 atom stereocenters. The van der Waals surface area contributed by atoms with Gasteiger partial charge in [0.05, 0.1) is 6.10 Å². The summed E-state index contributed by atoms with van der Waals surface area (Å²) >= 11 is 0. The standard InChI is InChI=1S/C10H20O.C5H8O4/c1-7(2)9-5-4-8(3)6-10(9)11;6-4(7)2-1-3-5(8)9/h7-11H,4-6H2,1-3H3;1-3H2,(H,6,7)(H,8,9). The Kier molecular flexibility index (Phi) is 9.21. The lowest BCUT2D eigenvalue weighted by Crippen LogP contribution is -2.31. The fourth-order valence-electron chi connectivity index (χ4n) is 2.54. The Morgan fingerprint density at radius 3 is 1.95 bits per heavy atom. The molecule has 118 valence electrons. The Bertz CT molecular complexity index is 287. The van der Waals surface area contributed by atoms with E-state index in [9.17, 15) is 14.7 Å². The SMILES string of the molecule is CC1CCC(C(C)C)C(O)C1.O=C(O)CCCC(=O)O. The third kappa shape index (κ3) is 8.91. The summed E-state index contributed by atoms with van der Waals surface area (Å²) in [7, 11) is 0. The van der Waals surface area contributed by atoms with Gasteiger partial charge in [0.2, 0.25) is 0 Å². The van der Waals surface area contributed by atoms with E-state index in [-0.39, 0.29) is 25.4 Å². The Hall–Kier alpha value is -1.10. The molecule has 1 aliphatic rings. The van der Waals surface area contributed by atoms with Crippen molar-refractivity contribution in [3.63, 3.8) is 0 Å². The topological polar surface area (TPSA) is 94.8 Å². The van der Waals surface area contributed by atoms with Gasteiger partial charge in [-0.1, -0.05) is 27.2 Å². The summed E-state index contributed by atoms with van der Waals surface area (Å²) in [5.41, 5.74) is 0. The number of hydrogen-bond acceptors (Lipinski definition) is 3. The molecule has 1 rings (SSSR count). The van der Waals surface area contributed by atoms with Crippen LogP contribution < -0.4 is 0 Å². The van der Waals surface area contributed by atoms with E-state index >= 15 is 0 Å². The molecule has 0 aromatic rings. The maximum Gasteiger partial charge on any atom is 0.303 e. The average molecular weight is 288 g/mol. The zero-order valence-electron chi connectivity index (χ0n) is 12.7. The first kappa shape index (κ1) is 18.9. The van der Waals surface area contributed by atoms with Gasteiger partial charge in [-0.3, -0.25) is 9.59 Å². The molecular formula is C15H28O5. The van der Waals surface area contributed by atoms with E-state index in [1.165, 1.54) is 12.8 Å². The van der Waals surface area contributed by atoms with Crippen LogP contribution in [0.1, 0.15) is 59.3 Å². The maximum atomic E-state index is 9.79. The van der Waals surface area contributed by atoms with Crippen LogP contribution >= 0.6 is 0 Å². The molecule has 0 aromatic heterocycles. The molecule has 0 spiro atoms. The zero-order valence-corrected chi connectivity index (χ0v) is 12.7. The summed E-state index contributed by atoms with van der Waals surface area (Å²) in [6, 6.07) is 0. The fourth-order valence-corrected chi connectivity index (χ4v) is 2.54. The maximum absolute atomic E-state index is 9.79. The number of rotatable bonds is 5. The van der Waals surface area contributed by atoms with E-state index in [2.05, 4.69) is 20.8 Å². The van der Waals surface area contributed by atoms with E-state index < -0.39 is 11.9 Å². The molecule has 0 aromatic carbocycles. The Morgan fingerprint density at radius 2 is 1.60 bits per heavy atom.